The molecule has 1 aliphatic heterocycles. The van der Waals surface area contributed by atoms with Crippen LogP contribution in [0.2, 0.25) is 5.02 Å². The monoisotopic (exact) mass is 466 g/mol. The summed E-state index contributed by atoms with van der Waals surface area (Å²) in [5.41, 5.74) is 1.97. The Labute approximate surface area is 199 Å². The van der Waals surface area contributed by atoms with Gasteiger partial charge in [-0.05, 0) is 70.0 Å². The Bertz CT molecular complexity index is 1100. The van der Waals surface area contributed by atoms with E-state index >= 15 is 0 Å². The first kappa shape index (κ1) is 23.3. The number of anilines is 1. The predicted octanol–water partition coefficient (Wildman–Crippen LogP) is 4.70. The molecule has 0 atom stereocenters. The van der Waals surface area contributed by atoms with E-state index in [1.54, 1.807) is 18.3 Å². The first-order valence-electron chi connectivity index (χ1n) is 11.6. The standard InChI is InChI=1S/C26H31ClN4O2/c1-18(2)30-12-10-19(11-13-30)15-29-25(32)17-31(21-6-4-3-5-7-21)26(33)20-8-9-22-23(27)16-28-24(22)14-20/h3-9,14,16,18-19,28H,10-13,15,17H2,1-2H3,(H,29,32). The van der Waals surface area contributed by atoms with Crippen molar-refractivity contribution in [2.45, 2.75) is 32.7 Å². The van der Waals surface area contributed by atoms with Crippen LogP contribution in [-0.2, 0) is 4.79 Å². The molecular weight excluding hydrogens is 436 g/mol. The van der Waals surface area contributed by atoms with Crippen molar-refractivity contribution < 1.29 is 9.59 Å². The van der Waals surface area contributed by atoms with E-state index in [0.29, 0.717) is 34.8 Å². The Morgan fingerprint density at radius 3 is 2.58 bits per heavy atom. The van der Waals surface area contributed by atoms with Gasteiger partial charge < -0.3 is 15.2 Å². The average Bonchev–Trinajstić information content (AvgIpc) is 3.21. The van der Waals surface area contributed by atoms with E-state index in [9.17, 15) is 9.59 Å². The number of rotatable bonds is 7. The number of nitrogens with one attached hydrogen (secondary N) is 2. The van der Waals surface area contributed by atoms with Gasteiger partial charge in [-0.2, -0.15) is 0 Å². The van der Waals surface area contributed by atoms with Gasteiger partial charge in [0.05, 0.1) is 5.02 Å². The summed E-state index contributed by atoms with van der Waals surface area (Å²) in [6.45, 7) is 7.20. The maximum absolute atomic E-state index is 13.4. The molecule has 7 heteroatoms. The van der Waals surface area contributed by atoms with Crippen LogP contribution >= 0.6 is 11.6 Å². The van der Waals surface area contributed by atoms with E-state index in [1.165, 1.54) is 4.90 Å². The molecule has 1 aromatic heterocycles. The Balaban J connectivity index is 1.43. The largest absolute Gasteiger partial charge is 0.360 e. The molecule has 0 aliphatic carbocycles. The number of hydrogen-bond donors (Lipinski definition) is 2. The van der Waals surface area contributed by atoms with Crippen molar-refractivity contribution in [2.24, 2.45) is 5.92 Å². The first-order chi connectivity index (χ1) is 15.9. The number of benzene rings is 2. The molecule has 2 heterocycles. The summed E-state index contributed by atoms with van der Waals surface area (Å²) in [5.74, 6) is 0.0987. The number of hydrogen-bond acceptors (Lipinski definition) is 3. The van der Waals surface area contributed by atoms with Gasteiger partial charge >= 0.3 is 0 Å². The van der Waals surface area contributed by atoms with Gasteiger partial charge in [0.1, 0.15) is 6.54 Å². The fourth-order valence-corrected chi connectivity index (χ4v) is 4.62. The van der Waals surface area contributed by atoms with Crippen LogP contribution in [0.25, 0.3) is 10.9 Å². The molecule has 3 aromatic rings. The van der Waals surface area contributed by atoms with Crippen molar-refractivity contribution in [2.75, 3.05) is 31.1 Å². The number of para-hydroxylation sites is 1. The van der Waals surface area contributed by atoms with Crippen LogP contribution in [0.15, 0.2) is 54.7 Å². The summed E-state index contributed by atoms with van der Waals surface area (Å²) >= 11 is 6.17. The fraction of sp³-hybridized carbons (Fsp3) is 0.385. The minimum atomic E-state index is -0.228. The number of fused-ring (bicyclic) bond motifs is 1. The average molecular weight is 467 g/mol. The molecule has 0 radical (unpaired) electrons. The zero-order valence-corrected chi connectivity index (χ0v) is 19.9. The summed E-state index contributed by atoms with van der Waals surface area (Å²) in [6.07, 6.45) is 3.87. The van der Waals surface area contributed by atoms with E-state index in [2.05, 4.69) is 29.0 Å². The summed E-state index contributed by atoms with van der Waals surface area (Å²) in [7, 11) is 0. The molecule has 2 aromatic carbocycles. The number of aromatic nitrogens is 1. The molecule has 1 saturated heterocycles. The molecule has 1 fully saturated rings. The predicted molar refractivity (Wildman–Crippen MR) is 134 cm³/mol. The highest BCUT2D eigenvalue weighted by Gasteiger charge is 2.24. The lowest BCUT2D eigenvalue weighted by molar-refractivity contribution is -0.120. The molecule has 0 saturated carbocycles. The molecule has 33 heavy (non-hydrogen) atoms. The normalized spacial score (nSPS) is 15.2. The van der Waals surface area contributed by atoms with Gasteiger partial charge in [-0.1, -0.05) is 35.9 Å². The minimum Gasteiger partial charge on any atom is -0.360 e. The lowest BCUT2D eigenvalue weighted by Crippen LogP contribution is -2.44. The number of halogens is 1. The van der Waals surface area contributed by atoms with Crippen molar-refractivity contribution in [3.63, 3.8) is 0 Å². The third kappa shape index (κ3) is 5.57. The molecule has 1 aliphatic rings. The number of carbonyl (C=O) groups is 2. The van der Waals surface area contributed by atoms with Gasteiger partial charge in [-0.3, -0.25) is 14.5 Å². The first-order valence-corrected chi connectivity index (χ1v) is 11.9. The number of piperidine rings is 1. The number of amides is 2. The molecule has 174 valence electrons. The lowest BCUT2D eigenvalue weighted by Gasteiger charge is -2.34. The maximum Gasteiger partial charge on any atom is 0.258 e. The van der Waals surface area contributed by atoms with Crippen molar-refractivity contribution in [1.82, 2.24) is 15.2 Å². The number of aromatic amines is 1. The highest BCUT2D eigenvalue weighted by atomic mass is 35.5. The summed E-state index contributed by atoms with van der Waals surface area (Å²) in [6, 6.07) is 15.2. The van der Waals surface area contributed by atoms with Crippen LogP contribution in [0, 0.1) is 5.92 Å². The van der Waals surface area contributed by atoms with Gasteiger partial charge in [0, 0.05) is 40.9 Å². The zero-order chi connectivity index (χ0) is 23.4. The molecule has 2 amide bonds. The van der Waals surface area contributed by atoms with E-state index < -0.39 is 0 Å². The molecule has 4 rings (SSSR count). The highest BCUT2D eigenvalue weighted by Crippen LogP contribution is 2.25. The van der Waals surface area contributed by atoms with Gasteiger partial charge in [-0.15, -0.1) is 0 Å². The van der Waals surface area contributed by atoms with Gasteiger partial charge in [0.15, 0.2) is 0 Å². The number of carbonyl (C=O) groups excluding carboxylic acids is 2. The number of H-pyrrole nitrogens is 1. The molecular formula is C26H31ClN4O2. The quantitative estimate of drug-likeness (QED) is 0.530. The fourth-order valence-electron chi connectivity index (χ4n) is 4.40. The van der Waals surface area contributed by atoms with Crippen molar-refractivity contribution in [3.05, 3.63) is 65.3 Å². The van der Waals surface area contributed by atoms with Crippen LogP contribution in [0.5, 0.6) is 0 Å². The van der Waals surface area contributed by atoms with Crippen LogP contribution in [0.4, 0.5) is 5.69 Å². The number of nitrogens with zero attached hydrogens (tertiary/aromatic N) is 2. The number of likely N-dealkylation sites (tertiary alicyclic amines) is 1. The van der Waals surface area contributed by atoms with E-state index in [1.807, 2.05) is 36.4 Å². The molecule has 0 spiro atoms. The lowest BCUT2D eigenvalue weighted by atomic mass is 9.96. The van der Waals surface area contributed by atoms with Gasteiger partial charge in [-0.25, -0.2) is 0 Å². The second-order valence-corrected chi connectivity index (χ2v) is 9.41. The summed E-state index contributed by atoms with van der Waals surface area (Å²) in [4.78, 5) is 33.4. The van der Waals surface area contributed by atoms with Crippen LogP contribution in [0.1, 0.15) is 37.0 Å². The van der Waals surface area contributed by atoms with Crippen molar-refractivity contribution in [1.29, 1.82) is 0 Å². The molecule has 6 nitrogen and oxygen atoms in total. The third-order valence-corrected chi connectivity index (χ3v) is 6.77. The Morgan fingerprint density at radius 1 is 1.15 bits per heavy atom. The van der Waals surface area contributed by atoms with Crippen LogP contribution in [-0.4, -0.2) is 53.9 Å². The molecule has 2 N–H and O–H groups in total. The molecule has 0 bridgehead atoms. The van der Waals surface area contributed by atoms with Gasteiger partial charge in [0.25, 0.3) is 5.91 Å². The zero-order valence-electron chi connectivity index (χ0n) is 19.2. The smallest absolute Gasteiger partial charge is 0.258 e. The third-order valence-electron chi connectivity index (χ3n) is 6.46. The SMILES string of the molecule is CC(C)N1CCC(CNC(=O)CN(C(=O)c2ccc3c(Cl)c[nH]c3c2)c2ccccc2)CC1. The van der Waals surface area contributed by atoms with Crippen LogP contribution in [0.3, 0.4) is 0 Å². The van der Waals surface area contributed by atoms with Crippen molar-refractivity contribution >= 4 is 40.0 Å². The van der Waals surface area contributed by atoms with E-state index in [-0.39, 0.29) is 18.4 Å². The van der Waals surface area contributed by atoms with E-state index in [4.69, 9.17) is 11.6 Å². The van der Waals surface area contributed by atoms with Crippen molar-refractivity contribution in [3.8, 4) is 0 Å². The Hall–Kier alpha value is -2.83. The Kier molecular flexibility index (Phi) is 7.36. The second kappa shape index (κ2) is 10.4. The topological polar surface area (TPSA) is 68.4 Å². The van der Waals surface area contributed by atoms with E-state index in [0.717, 1.165) is 36.8 Å². The summed E-state index contributed by atoms with van der Waals surface area (Å²) < 4.78 is 0. The van der Waals surface area contributed by atoms with Gasteiger partial charge in [0.2, 0.25) is 5.91 Å². The Morgan fingerprint density at radius 2 is 1.88 bits per heavy atom. The highest BCUT2D eigenvalue weighted by molar-refractivity contribution is 6.35. The minimum absolute atomic E-state index is 0.0306. The summed E-state index contributed by atoms with van der Waals surface area (Å²) in [5, 5.41) is 4.54. The maximum atomic E-state index is 13.4. The second-order valence-electron chi connectivity index (χ2n) is 9.00. The van der Waals surface area contributed by atoms with Crippen LogP contribution < -0.4 is 10.2 Å². The molecule has 0 unspecified atom stereocenters.